The molecule has 2 rings (SSSR count). The minimum Gasteiger partial charge on any atom is -0.409 e. The van der Waals surface area contributed by atoms with Gasteiger partial charge >= 0.3 is 0 Å². The summed E-state index contributed by atoms with van der Waals surface area (Å²) in [5, 5.41) is 15.2. The molecule has 1 fully saturated rings. The van der Waals surface area contributed by atoms with Crippen LogP contribution < -0.4 is 5.73 Å². The van der Waals surface area contributed by atoms with Gasteiger partial charge in [0.2, 0.25) is 10.0 Å². The first-order valence-corrected chi connectivity index (χ1v) is 7.92. The summed E-state index contributed by atoms with van der Waals surface area (Å²) in [4.78, 5) is 2.07. The van der Waals surface area contributed by atoms with Crippen LogP contribution in [0.4, 0.5) is 0 Å². The van der Waals surface area contributed by atoms with Gasteiger partial charge in [-0.05, 0) is 13.8 Å². The van der Waals surface area contributed by atoms with Crippen LogP contribution in [0.5, 0.6) is 0 Å². The molecule has 0 atom stereocenters. The van der Waals surface area contributed by atoms with Gasteiger partial charge in [-0.1, -0.05) is 10.3 Å². The van der Waals surface area contributed by atoms with E-state index in [1.165, 1.54) is 4.31 Å². The van der Waals surface area contributed by atoms with Crippen molar-refractivity contribution in [3.8, 4) is 0 Å². The SMILES string of the molecule is Cc1noc(C)c1S(=O)(=O)N1CCN(CC(N)=NO)CC1. The smallest absolute Gasteiger partial charge is 0.248 e. The summed E-state index contributed by atoms with van der Waals surface area (Å²) in [7, 11) is -3.60. The molecule has 0 bridgehead atoms. The fraction of sp³-hybridized carbons (Fsp3) is 0.636. The van der Waals surface area contributed by atoms with Crippen LogP contribution in [0.2, 0.25) is 0 Å². The Hall–Kier alpha value is -1.65. The van der Waals surface area contributed by atoms with E-state index >= 15 is 0 Å². The van der Waals surface area contributed by atoms with Crippen molar-refractivity contribution in [1.29, 1.82) is 0 Å². The lowest BCUT2D eigenvalue weighted by Gasteiger charge is -2.33. The Morgan fingerprint density at radius 3 is 2.48 bits per heavy atom. The van der Waals surface area contributed by atoms with Gasteiger partial charge in [0.1, 0.15) is 10.6 Å². The molecule has 0 aliphatic carbocycles. The van der Waals surface area contributed by atoms with Crippen molar-refractivity contribution in [3.63, 3.8) is 0 Å². The van der Waals surface area contributed by atoms with E-state index in [1.807, 2.05) is 4.90 Å². The second-order valence-corrected chi connectivity index (χ2v) is 6.80. The molecule has 10 heteroatoms. The minimum atomic E-state index is -3.60. The standard InChI is InChI=1S/C11H19N5O4S/c1-8-11(9(2)20-14-8)21(18,19)16-5-3-15(4-6-16)7-10(12)13-17/h17H,3-7H2,1-2H3,(H2,12,13). The summed E-state index contributed by atoms with van der Waals surface area (Å²) in [5.41, 5.74) is 5.81. The molecule has 1 aliphatic rings. The predicted octanol–water partition coefficient (Wildman–Crippen LogP) is -0.656. The van der Waals surface area contributed by atoms with Crippen molar-refractivity contribution < 1.29 is 18.1 Å². The molecule has 0 spiro atoms. The van der Waals surface area contributed by atoms with E-state index in [0.29, 0.717) is 44.2 Å². The summed E-state index contributed by atoms with van der Waals surface area (Å²) >= 11 is 0. The third-order valence-corrected chi connectivity index (χ3v) is 5.55. The van der Waals surface area contributed by atoms with E-state index in [4.69, 9.17) is 15.5 Å². The van der Waals surface area contributed by atoms with Gasteiger partial charge in [0.15, 0.2) is 11.6 Å². The van der Waals surface area contributed by atoms with Gasteiger partial charge < -0.3 is 15.5 Å². The highest BCUT2D eigenvalue weighted by Crippen LogP contribution is 2.24. The van der Waals surface area contributed by atoms with Crippen molar-refractivity contribution in [2.45, 2.75) is 18.7 Å². The van der Waals surface area contributed by atoms with E-state index < -0.39 is 10.0 Å². The molecule has 0 saturated carbocycles. The monoisotopic (exact) mass is 317 g/mol. The summed E-state index contributed by atoms with van der Waals surface area (Å²) in [5.74, 6) is 0.406. The van der Waals surface area contributed by atoms with E-state index in [0.717, 1.165) is 0 Å². The third kappa shape index (κ3) is 3.17. The molecule has 0 amide bonds. The number of nitrogens with zero attached hydrogens (tertiary/aromatic N) is 4. The molecule has 0 unspecified atom stereocenters. The Morgan fingerprint density at radius 1 is 1.38 bits per heavy atom. The molecule has 1 aliphatic heterocycles. The van der Waals surface area contributed by atoms with E-state index in [-0.39, 0.29) is 10.7 Å². The van der Waals surface area contributed by atoms with Crippen LogP contribution in [-0.2, 0) is 10.0 Å². The maximum atomic E-state index is 12.6. The van der Waals surface area contributed by atoms with E-state index in [9.17, 15) is 8.42 Å². The van der Waals surface area contributed by atoms with Crippen molar-refractivity contribution in [2.24, 2.45) is 10.9 Å². The molecule has 21 heavy (non-hydrogen) atoms. The molecule has 118 valence electrons. The predicted molar refractivity (Wildman–Crippen MR) is 74.6 cm³/mol. The average Bonchev–Trinajstić information content (AvgIpc) is 2.79. The first-order valence-electron chi connectivity index (χ1n) is 6.48. The number of sulfonamides is 1. The largest absolute Gasteiger partial charge is 0.409 e. The fourth-order valence-corrected chi connectivity index (χ4v) is 4.07. The number of piperazine rings is 1. The molecule has 2 heterocycles. The summed E-state index contributed by atoms with van der Waals surface area (Å²) in [6.07, 6.45) is 0. The molecule has 0 aromatic carbocycles. The van der Waals surface area contributed by atoms with Crippen molar-refractivity contribution >= 4 is 15.9 Å². The van der Waals surface area contributed by atoms with Gasteiger partial charge in [-0.15, -0.1) is 0 Å². The maximum Gasteiger partial charge on any atom is 0.248 e. The zero-order valence-electron chi connectivity index (χ0n) is 12.0. The number of aromatic nitrogens is 1. The second kappa shape index (κ2) is 6.00. The number of amidine groups is 1. The summed E-state index contributed by atoms with van der Waals surface area (Å²) in [6.45, 7) is 5.21. The van der Waals surface area contributed by atoms with Gasteiger partial charge in [-0.2, -0.15) is 4.31 Å². The maximum absolute atomic E-state index is 12.6. The molecule has 9 nitrogen and oxygen atoms in total. The Kier molecular flexibility index (Phi) is 4.49. The lowest BCUT2D eigenvalue weighted by atomic mass is 10.3. The molecular formula is C11H19N5O4S. The number of hydrogen-bond acceptors (Lipinski definition) is 7. The van der Waals surface area contributed by atoms with Crippen molar-refractivity contribution in [3.05, 3.63) is 11.5 Å². The van der Waals surface area contributed by atoms with Crippen LogP contribution in [0.15, 0.2) is 14.6 Å². The zero-order chi connectivity index (χ0) is 15.6. The Bertz CT molecular complexity index is 612. The van der Waals surface area contributed by atoms with Crippen molar-refractivity contribution in [2.75, 3.05) is 32.7 Å². The normalized spacial score (nSPS) is 19.0. The quantitative estimate of drug-likeness (QED) is 0.327. The topological polar surface area (TPSA) is 125 Å². The van der Waals surface area contributed by atoms with Gasteiger partial charge in [0, 0.05) is 26.2 Å². The summed E-state index contributed by atoms with van der Waals surface area (Å²) < 4.78 is 31.5. The number of hydrogen-bond donors (Lipinski definition) is 2. The highest BCUT2D eigenvalue weighted by molar-refractivity contribution is 7.89. The Morgan fingerprint density at radius 2 is 2.00 bits per heavy atom. The fourth-order valence-electron chi connectivity index (χ4n) is 2.36. The number of nitrogens with two attached hydrogens (primary N) is 1. The van der Waals surface area contributed by atoms with Crippen molar-refractivity contribution in [1.82, 2.24) is 14.4 Å². The molecular weight excluding hydrogens is 298 g/mol. The van der Waals surface area contributed by atoms with Gasteiger partial charge in [0.05, 0.1) is 6.54 Å². The highest BCUT2D eigenvalue weighted by atomic mass is 32.2. The molecule has 1 aromatic heterocycles. The number of oxime groups is 1. The molecule has 3 N–H and O–H groups in total. The second-order valence-electron chi connectivity index (χ2n) is 4.92. The van der Waals surface area contributed by atoms with Crippen LogP contribution in [-0.4, -0.2) is 66.5 Å². The first-order chi connectivity index (χ1) is 9.86. The van der Waals surface area contributed by atoms with E-state index in [1.54, 1.807) is 13.8 Å². The van der Waals surface area contributed by atoms with Crippen LogP contribution >= 0.6 is 0 Å². The Labute approximate surface area is 123 Å². The van der Waals surface area contributed by atoms with Crippen LogP contribution in [0, 0.1) is 13.8 Å². The average molecular weight is 317 g/mol. The Balaban J connectivity index is 2.08. The van der Waals surface area contributed by atoms with Gasteiger partial charge in [-0.3, -0.25) is 4.90 Å². The molecule has 1 aromatic rings. The molecule has 0 radical (unpaired) electrons. The lowest BCUT2D eigenvalue weighted by Crippen LogP contribution is -2.50. The minimum absolute atomic E-state index is 0.108. The number of aryl methyl sites for hydroxylation is 2. The van der Waals surface area contributed by atoms with Crippen LogP contribution in [0.25, 0.3) is 0 Å². The molecule has 1 saturated heterocycles. The highest BCUT2D eigenvalue weighted by Gasteiger charge is 2.33. The van der Waals surface area contributed by atoms with Crippen LogP contribution in [0.1, 0.15) is 11.5 Å². The summed E-state index contributed by atoms with van der Waals surface area (Å²) in [6, 6.07) is 0. The van der Waals surface area contributed by atoms with Gasteiger partial charge in [0.25, 0.3) is 0 Å². The first kappa shape index (κ1) is 15.7. The third-order valence-electron chi connectivity index (χ3n) is 3.41. The zero-order valence-corrected chi connectivity index (χ0v) is 12.8. The lowest BCUT2D eigenvalue weighted by molar-refractivity contribution is 0.206. The van der Waals surface area contributed by atoms with Gasteiger partial charge in [-0.25, -0.2) is 8.42 Å². The van der Waals surface area contributed by atoms with E-state index in [2.05, 4.69) is 10.3 Å². The number of rotatable bonds is 4. The van der Waals surface area contributed by atoms with Crippen LogP contribution in [0.3, 0.4) is 0 Å².